The van der Waals surface area contributed by atoms with Crippen LogP contribution < -0.4 is 0 Å². The van der Waals surface area contributed by atoms with Crippen molar-refractivity contribution in [3.8, 4) is 0 Å². The molecule has 2 aromatic heterocycles. The van der Waals surface area contributed by atoms with E-state index >= 15 is 0 Å². The molecule has 2 aromatic rings. The quantitative estimate of drug-likeness (QED) is 0.835. The molecule has 0 spiro atoms. The van der Waals surface area contributed by atoms with Gasteiger partial charge in [0, 0.05) is 20.1 Å². The zero-order valence-electron chi connectivity index (χ0n) is 13.5. The Balaban J connectivity index is 1.91. The normalized spacial score (nSPS) is 17.9. The molecule has 0 aromatic carbocycles. The standard InChI is InChI=1S/C14H17F3N6O/c1-4-9-7-10(21(3)20-9)12(24)22-5-6-23-11(8(22)2)18-19-13(23)14(15,16)17/h7-8H,4-6H2,1-3H3. The van der Waals surface area contributed by atoms with Crippen molar-refractivity contribution in [1.29, 1.82) is 0 Å². The molecule has 1 unspecified atom stereocenters. The number of alkyl halides is 3. The number of nitrogens with zero attached hydrogens (tertiary/aromatic N) is 6. The van der Waals surface area contributed by atoms with Gasteiger partial charge in [-0.25, -0.2) is 0 Å². The van der Waals surface area contributed by atoms with E-state index in [9.17, 15) is 18.0 Å². The maximum atomic E-state index is 12.9. The fourth-order valence-electron chi connectivity index (χ4n) is 2.92. The molecule has 0 radical (unpaired) electrons. The van der Waals surface area contributed by atoms with E-state index < -0.39 is 18.0 Å². The second-order valence-electron chi connectivity index (χ2n) is 5.70. The van der Waals surface area contributed by atoms with Gasteiger partial charge in [0.05, 0.1) is 11.7 Å². The summed E-state index contributed by atoms with van der Waals surface area (Å²) in [5, 5.41) is 11.1. The Bertz CT molecular complexity index is 778. The molecule has 7 nitrogen and oxygen atoms in total. The molecule has 1 aliphatic heterocycles. The highest BCUT2D eigenvalue weighted by atomic mass is 19.4. The molecular formula is C14H17F3N6O. The summed E-state index contributed by atoms with van der Waals surface area (Å²) in [6, 6.07) is 1.10. The molecule has 3 heterocycles. The molecule has 0 bridgehead atoms. The van der Waals surface area contributed by atoms with Gasteiger partial charge < -0.3 is 9.47 Å². The molecular weight excluding hydrogens is 325 g/mol. The first-order valence-electron chi connectivity index (χ1n) is 7.58. The van der Waals surface area contributed by atoms with Crippen LogP contribution in [0.25, 0.3) is 0 Å². The molecule has 10 heteroatoms. The van der Waals surface area contributed by atoms with Gasteiger partial charge in [-0.2, -0.15) is 18.3 Å². The molecule has 1 atom stereocenters. The molecule has 1 aliphatic rings. The average Bonchev–Trinajstić information content (AvgIpc) is 3.10. The van der Waals surface area contributed by atoms with E-state index in [4.69, 9.17) is 0 Å². The number of carbonyl (C=O) groups excluding carboxylic acids is 1. The lowest BCUT2D eigenvalue weighted by molar-refractivity contribution is -0.148. The summed E-state index contributed by atoms with van der Waals surface area (Å²) < 4.78 is 41.3. The number of amides is 1. The number of aryl methyl sites for hydroxylation is 2. The van der Waals surface area contributed by atoms with Gasteiger partial charge in [0.1, 0.15) is 5.69 Å². The lowest BCUT2D eigenvalue weighted by Crippen LogP contribution is -2.42. The van der Waals surface area contributed by atoms with Crippen molar-refractivity contribution in [2.24, 2.45) is 7.05 Å². The van der Waals surface area contributed by atoms with Gasteiger partial charge in [-0.1, -0.05) is 6.92 Å². The van der Waals surface area contributed by atoms with E-state index in [0.717, 1.165) is 10.3 Å². The molecule has 0 N–H and O–H groups in total. The largest absolute Gasteiger partial charge is 0.451 e. The summed E-state index contributed by atoms with van der Waals surface area (Å²) in [7, 11) is 1.67. The molecule has 24 heavy (non-hydrogen) atoms. The Labute approximate surface area is 136 Å². The summed E-state index contributed by atoms with van der Waals surface area (Å²) >= 11 is 0. The molecule has 0 saturated heterocycles. The van der Waals surface area contributed by atoms with Crippen LogP contribution in [0.2, 0.25) is 0 Å². The Morgan fingerprint density at radius 2 is 2.04 bits per heavy atom. The molecule has 130 valence electrons. The predicted molar refractivity (Wildman–Crippen MR) is 77.1 cm³/mol. The third-order valence-corrected chi connectivity index (χ3v) is 4.21. The van der Waals surface area contributed by atoms with Gasteiger partial charge in [0.25, 0.3) is 5.91 Å². The Kier molecular flexibility index (Phi) is 3.84. The van der Waals surface area contributed by atoms with Crippen LogP contribution in [0.3, 0.4) is 0 Å². The van der Waals surface area contributed by atoms with Crippen LogP contribution in [0, 0.1) is 0 Å². The van der Waals surface area contributed by atoms with Gasteiger partial charge in [-0.15, -0.1) is 10.2 Å². The maximum absolute atomic E-state index is 12.9. The average molecular weight is 342 g/mol. The van der Waals surface area contributed by atoms with E-state index in [-0.39, 0.29) is 24.8 Å². The fraction of sp³-hybridized carbons (Fsp3) is 0.571. The zero-order valence-corrected chi connectivity index (χ0v) is 13.5. The molecule has 0 saturated carbocycles. The van der Waals surface area contributed by atoms with Crippen LogP contribution in [0.1, 0.15) is 47.7 Å². The van der Waals surface area contributed by atoms with Crippen molar-refractivity contribution in [2.45, 2.75) is 39.0 Å². The molecule has 0 aliphatic carbocycles. The third-order valence-electron chi connectivity index (χ3n) is 4.21. The van der Waals surface area contributed by atoms with Crippen molar-refractivity contribution >= 4 is 5.91 Å². The van der Waals surface area contributed by atoms with Gasteiger partial charge in [0.2, 0.25) is 5.82 Å². The number of fused-ring (bicyclic) bond motifs is 1. The van der Waals surface area contributed by atoms with Crippen molar-refractivity contribution < 1.29 is 18.0 Å². The van der Waals surface area contributed by atoms with Crippen molar-refractivity contribution in [1.82, 2.24) is 29.4 Å². The fourth-order valence-corrected chi connectivity index (χ4v) is 2.92. The highest BCUT2D eigenvalue weighted by Gasteiger charge is 2.42. The number of halogens is 3. The summed E-state index contributed by atoms with van der Waals surface area (Å²) in [5.74, 6) is -1.16. The summed E-state index contributed by atoms with van der Waals surface area (Å²) in [4.78, 5) is 14.3. The Hall–Kier alpha value is -2.39. The topological polar surface area (TPSA) is 68.8 Å². The first-order chi connectivity index (χ1) is 11.2. The lowest BCUT2D eigenvalue weighted by Gasteiger charge is -2.33. The van der Waals surface area contributed by atoms with Gasteiger partial charge >= 0.3 is 6.18 Å². The first-order valence-corrected chi connectivity index (χ1v) is 7.58. The van der Waals surface area contributed by atoms with Crippen LogP contribution in [0.4, 0.5) is 13.2 Å². The summed E-state index contributed by atoms with van der Waals surface area (Å²) in [5.41, 5.74) is 1.19. The smallest absolute Gasteiger partial charge is 0.326 e. The Morgan fingerprint density at radius 3 is 2.62 bits per heavy atom. The van der Waals surface area contributed by atoms with Crippen LogP contribution >= 0.6 is 0 Å². The monoisotopic (exact) mass is 342 g/mol. The highest BCUT2D eigenvalue weighted by molar-refractivity contribution is 5.93. The molecule has 1 amide bonds. The summed E-state index contributed by atoms with van der Waals surface area (Å²) in [6.07, 6.45) is -3.87. The number of aromatic nitrogens is 5. The predicted octanol–water partition coefficient (Wildman–Crippen LogP) is 1.81. The van der Waals surface area contributed by atoms with E-state index in [2.05, 4.69) is 15.3 Å². The van der Waals surface area contributed by atoms with E-state index in [1.54, 1.807) is 20.0 Å². The van der Waals surface area contributed by atoms with Gasteiger partial charge in [-0.05, 0) is 19.4 Å². The minimum Gasteiger partial charge on any atom is -0.326 e. The van der Waals surface area contributed by atoms with Crippen LogP contribution in [-0.4, -0.2) is 41.9 Å². The minimum atomic E-state index is -4.56. The SMILES string of the molecule is CCc1cc(C(=O)N2CCn3c(nnc3C(F)(F)F)C2C)n(C)n1. The second kappa shape index (κ2) is 5.60. The van der Waals surface area contributed by atoms with Crippen LogP contribution in [0.5, 0.6) is 0 Å². The van der Waals surface area contributed by atoms with E-state index in [0.29, 0.717) is 12.1 Å². The summed E-state index contributed by atoms with van der Waals surface area (Å²) in [6.45, 7) is 3.74. The maximum Gasteiger partial charge on any atom is 0.451 e. The lowest BCUT2D eigenvalue weighted by atomic mass is 10.1. The second-order valence-corrected chi connectivity index (χ2v) is 5.70. The highest BCUT2D eigenvalue weighted by Crippen LogP contribution is 2.33. The van der Waals surface area contributed by atoms with Crippen molar-refractivity contribution in [3.05, 3.63) is 29.1 Å². The van der Waals surface area contributed by atoms with Gasteiger partial charge in [-0.3, -0.25) is 9.48 Å². The number of carbonyl (C=O) groups is 1. The third kappa shape index (κ3) is 2.55. The first kappa shape index (κ1) is 16.5. The van der Waals surface area contributed by atoms with Crippen molar-refractivity contribution in [3.63, 3.8) is 0 Å². The minimum absolute atomic E-state index is 0.00570. The van der Waals surface area contributed by atoms with E-state index in [1.165, 1.54) is 9.58 Å². The molecule has 3 rings (SSSR count). The zero-order chi connectivity index (χ0) is 17.6. The van der Waals surface area contributed by atoms with E-state index in [1.807, 2.05) is 6.92 Å². The van der Waals surface area contributed by atoms with Crippen LogP contribution in [0.15, 0.2) is 6.07 Å². The van der Waals surface area contributed by atoms with Crippen LogP contribution in [-0.2, 0) is 26.2 Å². The number of hydrogen-bond acceptors (Lipinski definition) is 4. The number of rotatable bonds is 2. The number of hydrogen-bond donors (Lipinski definition) is 0. The van der Waals surface area contributed by atoms with Gasteiger partial charge in [0.15, 0.2) is 5.82 Å². The Morgan fingerprint density at radius 1 is 1.33 bits per heavy atom. The molecule has 0 fully saturated rings. The van der Waals surface area contributed by atoms with Crippen molar-refractivity contribution in [2.75, 3.05) is 6.54 Å².